The van der Waals surface area contributed by atoms with Crippen molar-refractivity contribution in [3.05, 3.63) is 41.6 Å². The summed E-state index contributed by atoms with van der Waals surface area (Å²) in [5, 5.41) is 35.7. The smallest absolute Gasteiger partial charge is 0.413 e. The summed E-state index contributed by atoms with van der Waals surface area (Å²) in [4.78, 5) is 12.6. The van der Waals surface area contributed by atoms with Crippen LogP contribution in [0.4, 0.5) is 10.6 Å². The molecule has 0 radical (unpaired) electrons. The molecule has 0 aliphatic heterocycles. The van der Waals surface area contributed by atoms with Gasteiger partial charge >= 0.3 is 6.09 Å². The zero-order valence-electron chi connectivity index (χ0n) is 13.8. The Labute approximate surface area is 144 Å². The molecule has 9 nitrogen and oxygen atoms in total. The van der Waals surface area contributed by atoms with Gasteiger partial charge in [0.15, 0.2) is 5.82 Å². The van der Waals surface area contributed by atoms with Crippen molar-refractivity contribution in [2.45, 2.75) is 12.6 Å². The van der Waals surface area contributed by atoms with Crippen LogP contribution < -0.4 is 14.4 Å². The topological polar surface area (TPSA) is 125 Å². The van der Waals surface area contributed by atoms with E-state index in [1.807, 2.05) is 0 Å². The molecule has 25 heavy (non-hydrogen) atoms. The van der Waals surface area contributed by atoms with Crippen LogP contribution in [0.25, 0.3) is 0 Å². The van der Waals surface area contributed by atoms with Gasteiger partial charge in [0.1, 0.15) is 17.6 Å². The van der Waals surface area contributed by atoms with Crippen LogP contribution in [-0.2, 0) is 6.54 Å². The number of rotatable bonds is 7. The third-order valence-electron chi connectivity index (χ3n) is 3.55. The van der Waals surface area contributed by atoms with Crippen molar-refractivity contribution < 1.29 is 29.6 Å². The van der Waals surface area contributed by atoms with Crippen molar-refractivity contribution in [1.82, 2.24) is 10.2 Å². The second kappa shape index (κ2) is 8.27. The first kappa shape index (κ1) is 18.4. The van der Waals surface area contributed by atoms with Gasteiger partial charge in [-0.25, -0.2) is 4.79 Å². The van der Waals surface area contributed by atoms with E-state index in [1.54, 1.807) is 18.2 Å². The highest BCUT2D eigenvalue weighted by molar-refractivity contribution is 5.84. The molecule has 0 aliphatic carbocycles. The second-order valence-electron chi connectivity index (χ2n) is 5.09. The van der Waals surface area contributed by atoms with Crippen molar-refractivity contribution in [2.75, 3.05) is 25.7 Å². The van der Waals surface area contributed by atoms with E-state index < -0.39 is 18.8 Å². The Bertz CT molecular complexity index is 740. The summed E-state index contributed by atoms with van der Waals surface area (Å²) in [6.45, 7) is -0.555. The Morgan fingerprint density at radius 3 is 2.64 bits per heavy atom. The zero-order valence-corrected chi connectivity index (χ0v) is 13.8. The number of aliphatic hydroxyl groups is 2. The third kappa shape index (κ3) is 4.34. The highest BCUT2D eigenvalue weighted by Gasteiger charge is 2.20. The maximum absolute atomic E-state index is 11.7. The summed E-state index contributed by atoms with van der Waals surface area (Å²) in [7, 11) is 2.99. The van der Waals surface area contributed by atoms with Crippen LogP contribution in [-0.4, -0.2) is 52.4 Å². The van der Waals surface area contributed by atoms with E-state index >= 15 is 0 Å². The summed E-state index contributed by atoms with van der Waals surface area (Å²) in [6, 6.07) is 6.38. The van der Waals surface area contributed by atoms with Gasteiger partial charge in [-0.05, 0) is 18.2 Å². The number of carboxylic acid groups (broad SMARTS) is 1. The Morgan fingerprint density at radius 1 is 1.28 bits per heavy atom. The third-order valence-corrected chi connectivity index (χ3v) is 3.55. The van der Waals surface area contributed by atoms with Gasteiger partial charge in [0.05, 0.1) is 33.6 Å². The molecule has 1 atom stereocenters. The van der Waals surface area contributed by atoms with Gasteiger partial charge in [0.25, 0.3) is 0 Å². The fourth-order valence-electron chi connectivity index (χ4n) is 2.19. The SMILES string of the molecule is COc1ccc(CN(C(=O)O)c2cc(C(O)CO)cnn2)c(OC)c1. The van der Waals surface area contributed by atoms with Gasteiger partial charge in [-0.3, -0.25) is 4.90 Å². The minimum atomic E-state index is -1.25. The molecule has 134 valence electrons. The van der Waals surface area contributed by atoms with Crippen LogP contribution in [0, 0.1) is 0 Å². The minimum absolute atomic E-state index is 0.0235. The molecule has 1 aromatic carbocycles. The number of aromatic nitrogens is 2. The van der Waals surface area contributed by atoms with E-state index in [0.717, 1.165) is 4.90 Å². The highest BCUT2D eigenvalue weighted by atomic mass is 16.5. The minimum Gasteiger partial charge on any atom is -0.497 e. The Hall–Kier alpha value is -2.91. The fourth-order valence-corrected chi connectivity index (χ4v) is 2.19. The van der Waals surface area contributed by atoms with Crippen LogP contribution >= 0.6 is 0 Å². The highest BCUT2D eigenvalue weighted by Crippen LogP contribution is 2.27. The maximum atomic E-state index is 11.7. The number of benzene rings is 1. The number of amides is 1. The molecular weight excluding hydrogens is 330 g/mol. The first-order chi connectivity index (χ1) is 12.0. The Balaban J connectivity index is 2.35. The summed E-state index contributed by atoms with van der Waals surface area (Å²) >= 11 is 0. The van der Waals surface area contributed by atoms with E-state index in [-0.39, 0.29) is 17.9 Å². The van der Waals surface area contributed by atoms with Crippen LogP contribution in [0.5, 0.6) is 11.5 Å². The lowest BCUT2D eigenvalue weighted by molar-refractivity contribution is 0.0952. The quantitative estimate of drug-likeness (QED) is 0.681. The number of hydrogen-bond donors (Lipinski definition) is 3. The molecule has 1 amide bonds. The van der Waals surface area contributed by atoms with E-state index in [0.29, 0.717) is 17.1 Å². The van der Waals surface area contributed by atoms with E-state index in [1.165, 1.54) is 26.5 Å². The second-order valence-corrected chi connectivity index (χ2v) is 5.09. The molecule has 1 aromatic heterocycles. The number of carbonyl (C=O) groups is 1. The standard InChI is InChI=1S/C16H19N3O6/c1-24-12-4-3-10(14(6-12)25-2)8-19(16(22)23)15-5-11(7-17-18-15)13(21)9-20/h3-7,13,20-21H,8-9H2,1-2H3,(H,22,23). The molecule has 2 rings (SSSR count). The van der Waals surface area contributed by atoms with Crippen molar-refractivity contribution in [2.24, 2.45) is 0 Å². The first-order valence-corrected chi connectivity index (χ1v) is 7.33. The molecule has 0 saturated carbocycles. The summed E-state index contributed by atoms with van der Waals surface area (Å²) in [5.74, 6) is 1.07. The van der Waals surface area contributed by atoms with Crippen LogP contribution in [0.2, 0.25) is 0 Å². The summed E-state index contributed by atoms with van der Waals surface area (Å²) in [6.07, 6.45) is -1.15. The largest absolute Gasteiger partial charge is 0.497 e. The van der Waals surface area contributed by atoms with Crippen molar-refractivity contribution in [3.63, 3.8) is 0 Å². The van der Waals surface area contributed by atoms with Gasteiger partial charge in [-0.1, -0.05) is 0 Å². The molecule has 0 fully saturated rings. The average Bonchev–Trinajstić information content (AvgIpc) is 2.65. The molecule has 0 bridgehead atoms. The summed E-state index contributed by atoms with van der Waals surface area (Å²) in [5.41, 5.74) is 0.862. The van der Waals surface area contributed by atoms with E-state index in [2.05, 4.69) is 10.2 Å². The van der Waals surface area contributed by atoms with Crippen LogP contribution in [0.15, 0.2) is 30.5 Å². The molecule has 1 unspecified atom stereocenters. The lowest BCUT2D eigenvalue weighted by Crippen LogP contribution is -2.30. The van der Waals surface area contributed by atoms with Crippen LogP contribution in [0.3, 0.4) is 0 Å². The lowest BCUT2D eigenvalue weighted by Gasteiger charge is -2.20. The molecule has 0 aliphatic rings. The van der Waals surface area contributed by atoms with Crippen molar-refractivity contribution in [3.8, 4) is 11.5 Å². The van der Waals surface area contributed by atoms with Crippen molar-refractivity contribution >= 4 is 11.9 Å². The van der Waals surface area contributed by atoms with Gasteiger partial charge < -0.3 is 24.8 Å². The van der Waals surface area contributed by atoms with Crippen molar-refractivity contribution in [1.29, 1.82) is 0 Å². The normalized spacial score (nSPS) is 11.7. The average molecular weight is 349 g/mol. The van der Waals surface area contributed by atoms with E-state index in [9.17, 15) is 15.0 Å². The van der Waals surface area contributed by atoms with E-state index in [4.69, 9.17) is 14.6 Å². The molecule has 9 heteroatoms. The Morgan fingerprint density at radius 2 is 2.04 bits per heavy atom. The number of anilines is 1. The molecule has 2 aromatic rings. The number of aliphatic hydroxyl groups excluding tert-OH is 2. The number of hydrogen-bond acceptors (Lipinski definition) is 7. The number of nitrogens with zero attached hydrogens (tertiary/aromatic N) is 3. The van der Waals surface area contributed by atoms with Gasteiger partial charge in [0, 0.05) is 17.2 Å². The predicted octanol–water partition coefficient (Wildman–Crippen LogP) is 1.20. The number of ether oxygens (including phenoxy) is 2. The Kier molecular flexibility index (Phi) is 6.09. The monoisotopic (exact) mass is 349 g/mol. The van der Waals surface area contributed by atoms with Gasteiger partial charge in [-0.2, -0.15) is 5.10 Å². The lowest BCUT2D eigenvalue weighted by atomic mass is 10.1. The molecule has 0 saturated heterocycles. The van der Waals surface area contributed by atoms with Gasteiger partial charge in [-0.15, -0.1) is 5.10 Å². The summed E-state index contributed by atoms with van der Waals surface area (Å²) < 4.78 is 10.4. The zero-order chi connectivity index (χ0) is 18.4. The first-order valence-electron chi connectivity index (χ1n) is 7.33. The maximum Gasteiger partial charge on any atom is 0.413 e. The molecule has 3 N–H and O–H groups in total. The molecule has 0 spiro atoms. The molecule has 1 heterocycles. The van der Waals surface area contributed by atoms with Crippen LogP contribution in [0.1, 0.15) is 17.2 Å². The fraction of sp³-hybridized carbons (Fsp3) is 0.312. The predicted molar refractivity (Wildman–Crippen MR) is 87.8 cm³/mol. The molecular formula is C16H19N3O6. The number of methoxy groups -OCH3 is 2. The van der Waals surface area contributed by atoms with Gasteiger partial charge in [0.2, 0.25) is 0 Å².